The van der Waals surface area contributed by atoms with Gasteiger partial charge in [0.25, 0.3) is 5.91 Å². The summed E-state index contributed by atoms with van der Waals surface area (Å²) in [5.41, 5.74) is 2.98. The fourth-order valence-electron chi connectivity index (χ4n) is 2.74. The number of nitrogens with one attached hydrogen (secondary N) is 1. The molecule has 1 N–H and O–H groups in total. The number of ether oxygens (including phenoxy) is 1. The molecule has 0 radical (unpaired) electrons. The Kier molecular flexibility index (Phi) is 5.14. The van der Waals surface area contributed by atoms with E-state index in [-0.39, 0.29) is 18.4 Å². The van der Waals surface area contributed by atoms with E-state index in [2.05, 4.69) is 10.4 Å². The third kappa shape index (κ3) is 4.24. The van der Waals surface area contributed by atoms with E-state index < -0.39 is 0 Å². The normalized spacial score (nSPS) is 14.4. The number of aryl methyl sites for hydroxylation is 2. The SMILES string of the molecule is Cc1ccc(NC(=O)Cn2nc(C)cc2C(=O)N2CCOCC2)cc1. The summed E-state index contributed by atoms with van der Waals surface area (Å²) in [4.78, 5) is 26.7. The number of amides is 2. The first kappa shape index (κ1) is 17.2. The lowest BCUT2D eigenvalue weighted by Crippen LogP contribution is -2.41. The van der Waals surface area contributed by atoms with E-state index in [9.17, 15) is 9.59 Å². The molecule has 1 aromatic carbocycles. The molecule has 1 fully saturated rings. The zero-order valence-corrected chi connectivity index (χ0v) is 14.5. The minimum Gasteiger partial charge on any atom is -0.378 e. The molecular weight excluding hydrogens is 320 g/mol. The summed E-state index contributed by atoms with van der Waals surface area (Å²) in [6, 6.07) is 9.28. The van der Waals surface area contributed by atoms with Crippen LogP contribution in [0.4, 0.5) is 5.69 Å². The molecule has 132 valence electrons. The average molecular weight is 342 g/mol. The lowest BCUT2D eigenvalue weighted by molar-refractivity contribution is -0.116. The van der Waals surface area contributed by atoms with Gasteiger partial charge in [-0.3, -0.25) is 14.3 Å². The van der Waals surface area contributed by atoms with E-state index in [1.54, 1.807) is 11.0 Å². The molecule has 2 aromatic rings. The van der Waals surface area contributed by atoms with Gasteiger partial charge in [-0.05, 0) is 32.0 Å². The van der Waals surface area contributed by atoms with Gasteiger partial charge in [-0.25, -0.2) is 0 Å². The zero-order chi connectivity index (χ0) is 17.8. The number of carbonyl (C=O) groups excluding carboxylic acids is 2. The highest BCUT2D eigenvalue weighted by Crippen LogP contribution is 2.12. The number of hydrogen-bond donors (Lipinski definition) is 1. The molecule has 1 aliphatic heterocycles. The molecule has 0 saturated carbocycles. The lowest BCUT2D eigenvalue weighted by Gasteiger charge is -2.26. The first-order valence-electron chi connectivity index (χ1n) is 8.31. The number of rotatable bonds is 4. The summed E-state index contributed by atoms with van der Waals surface area (Å²) in [6.07, 6.45) is 0. The summed E-state index contributed by atoms with van der Waals surface area (Å²) >= 11 is 0. The van der Waals surface area contributed by atoms with E-state index in [4.69, 9.17) is 4.74 Å². The van der Waals surface area contributed by atoms with Crippen molar-refractivity contribution >= 4 is 17.5 Å². The molecule has 3 rings (SSSR count). The number of hydrogen-bond acceptors (Lipinski definition) is 4. The Morgan fingerprint density at radius 1 is 1.16 bits per heavy atom. The lowest BCUT2D eigenvalue weighted by atomic mass is 10.2. The Labute approximate surface area is 146 Å². The number of anilines is 1. The van der Waals surface area contributed by atoms with Gasteiger partial charge in [-0.2, -0.15) is 5.10 Å². The number of carbonyl (C=O) groups is 2. The van der Waals surface area contributed by atoms with Crippen molar-refractivity contribution in [1.82, 2.24) is 14.7 Å². The van der Waals surface area contributed by atoms with Gasteiger partial charge in [-0.1, -0.05) is 17.7 Å². The zero-order valence-electron chi connectivity index (χ0n) is 14.5. The molecule has 0 unspecified atom stereocenters. The van der Waals surface area contributed by atoms with Crippen molar-refractivity contribution in [1.29, 1.82) is 0 Å². The minimum atomic E-state index is -0.219. The molecule has 1 saturated heterocycles. The Hall–Kier alpha value is -2.67. The summed E-state index contributed by atoms with van der Waals surface area (Å²) in [5.74, 6) is -0.338. The Morgan fingerprint density at radius 2 is 1.84 bits per heavy atom. The molecule has 0 aliphatic carbocycles. The third-order valence-corrected chi connectivity index (χ3v) is 4.05. The van der Waals surface area contributed by atoms with E-state index >= 15 is 0 Å². The number of aromatic nitrogens is 2. The van der Waals surface area contributed by atoms with Crippen molar-refractivity contribution < 1.29 is 14.3 Å². The summed E-state index contributed by atoms with van der Waals surface area (Å²) in [6.45, 7) is 5.97. The quantitative estimate of drug-likeness (QED) is 0.916. The molecular formula is C18H22N4O3. The standard InChI is InChI=1S/C18H22N4O3/c1-13-3-5-15(6-4-13)19-17(23)12-22-16(11-14(2)20-22)18(24)21-7-9-25-10-8-21/h3-6,11H,7-10,12H2,1-2H3,(H,19,23). The monoisotopic (exact) mass is 342 g/mol. The largest absolute Gasteiger partial charge is 0.378 e. The number of morpholine rings is 1. The molecule has 0 spiro atoms. The van der Waals surface area contributed by atoms with Crippen molar-refractivity contribution in [3.8, 4) is 0 Å². The van der Waals surface area contributed by atoms with Gasteiger partial charge in [0.05, 0.1) is 18.9 Å². The van der Waals surface area contributed by atoms with Crippen molar-refractivity contribution in [2.75, 3.05) is 31.6 Å². The van der Waals surface area contributed by atoms with E-state index in [0.717, 1.165) is 11.3 Å². The van der Waals surface area contributed by atoms with Crippen LogP contribution in [0.25, 0.3) is 0 Å². The van der Waals surface area contributed by atoms with Gasteiger partial charge in [-0.15, -0.1) is 0 Å². The maximum Gasteiger partial charge on any atom is 0.272 e. The van der Waals surface area contributed by atoms with Crippen LogP contribution in [0.15, 0.2) is 30.3 Å². The molecule has 0 atom stereocenters. The van der Waals surface area contributed by atoms with E-state index in [1.807, 2.05) is 38.1 Å². The van der Waals surface area contributed by atoms with E-state index in [0.29, 0.717) is 37.7 Å². The van der Waals surface area contributed by atoms with E-state index in [1.165, 1.54) is 4.68 Å². The molecule has 25 heavy (non-hydrogen) atoms. The van der Waals surface area contributed by atoms with Crippen LogP contribution in [0.1, 0.15) is 21.7 Å². The first-order valence-corrected chi connectivity index (χ1v) is 8.31. The van der Waals surface area contributed by atoms with Crippen molar-refractivity contribution in [3.63, 3.8) is 0 Å². The Bertz CT molecular complexity index is 761. The van der Waals surface area contributed by atoms with Crippen molar-refractivity contribution in [2.45, 2.75) is 20.4 Å². The molecule has 0 bridgehead atoms. The Balaban J connectivity index is 1.70. The van der Waals surface area contributed by atoms with Gasteiger partial charge in [0.2, 0.25) is 5.91 Å². The average Bonchev–Trinajstić information content (AvgIpc) is 2.97. The predicted octanol–water partition coefficient (Wildman–Crippen LogP) is 1.61. The maximum atomic E-state index is 12.7. The molecule has 2 heterocycles. The molecule has 7 heteroatoms. The minimum absolute atomic E-state index is 0.00682. The fraction of sp³-hybridized carbons (Fsp3) is 0.389. The predicted molar refractivity (Wildman–Crippen MR) is 93.5 cm³/mol. The smallest absolute Gasteiger partial charge is 0.272 e. The summed E-state index contributed by atoms with van der Waals surface area (Å²) in [7, 11) is 0. The molecule has 7 nitrogen and oxygen atoms in total. The van der Waals surface area contributed by atoms with Gasteiger partial charge >= 0.3 is 0 Å². The first-order chi connectivity index (χ1) is 12.0. The highest BCUT2D eigenvalue weighted by Gasteiger charge is 2.23. The second-order valence-corrected chi connectivity index (χ2v) is 6.15. The van der Waals surface area contributed by atoms with Crippen molar-refractivity contribution in [2.24, 2.45) is 0 Å². The van der Waals surface area contributed by atoms with Gasteiger partial charge in [0.15, 0.2) is 0 Å². The number of nitrogens with zero attached hydrogens (tertiary/aromatic N) is 3. The molecule has 2 amide bonds. The van der Waals surface area contributed by atoms with Gasteiger partial charge < -0.3 is 15.0 Å². The van der Waals surface area contributed by atoms with Crippen LogP contribution in [0.2, 0.25) is 0 Å². The van der Waals surface area contributed by atoms with Crippen LogP contribution >= 0.6 is 0 Å². The fourth-order valence-corrected chi connectivity index (χ4v) is 2.74. The van der Waals surface area contributed by atoms with Crippen LogP contribution < -0.4 is 5.32 Å². The number of benzene rings is 1. The Morgan fingerprint density at radius 3 is 2.52 bits per heavy atom. The van der Waals surface area contributed by atoms with Crippen LogP contribution in [0, 0.1) is 13.8 Å². The molecule has 1 aromatic heterocycles. The maximum absolute atomic E-state index is 12.7. The van der Waals surface area contributed by atoms with Crippen LogP contribution in [0.5, 0.6) is 0 Å². The molecule has 1 aliphatic rings. The van der Waals surface area contributed by atoms with Crippen molar-refractivity contribution in [3.05, 3.63) is 47.3 Å². The highest BCUT2D eigenvalue weighted by molar-refractivity contribution is 5.94. The topological polar surface area (TPSA) is 76.5 Å². The van der Waals surface area contributed by atoms with Crippen LogP contribution in [-0.2, 0) is 16.1 Å². The second-order valence-electron chi connectivity index (χ2n) is 6.15. The summed E-state index contributed by atoms with van der Waals surface area (Å²) in [5, 5.41) is 7.13. The van der Waals surface area contributed by atoms with Crippen LogP contribution in [0.3, 0.4) is 0 Å². The third-order valence-electron chi connectivity index (χ3n) is 4.05. The summed E-state index contributed by atoms with van der Waals surface area (Å²) < 4.78 is 6.75. The van der Waals surface area contributed by atoms with Gasteiger partial charge in [0, 0.05) is 18.8 Å². The van der Waals surface area contributed by atoms with Crippen LogP contribution in [-0.4, -0.2) is 52.8 Å². The second kappa shape index (κ2) is 7.48. The van der Waals surface area contributed by atoms with Gasteiger partial charge in [0.1, 0.15) is 12.2 Å². The highest BCUT2D eigenvalue weighted by atomic mass is 16.5.